The van der Waals surface area contributed by atoms with E-state index >= 15 is 0 Å². The minimum atomic E-state index is -1.64. The number of ether oxygens (including phenoxy) is 4. The van der Waals surface area contributed by atoms with E-state index in [1.807, 2.05) is 84.4 Å². The van der Waals surface area contributed by atoms with Crippen molar-refractivity contribution in [1.29, 1.82) is 5.26 Å². The number of hydrogen-bond acceptors (Lipinski definition) is 11. The second-order valence-electron chi connectivity index (χ2n) is 16.0. The molecule has 0 radical (unpaired) electrons. The molecule has 4 atom stereocenters. The lowest BCUT2D eigenvalue weighted by atomic mass is 9.80. The minimum absolute atomic E-state index is 0.0885. The molecule has 0 saturated carbocycles. The maximum atomic E-state index is 13.5. The summed E-state index contributed by atoms with van der Waals surface area (Å²) in [7, 11) is 1.65. The Morgan fingerprint density at radius 3 is 2.10 bits per heavy atom. The van der Waals surface area contributed by atoms with Crippen molar-refractivity contribution in [3.8, 4) is 17.6 Å². The number of rotatable bonds is 20. The molecule has 3 aromatic carbocycles. The topological polar surface area (TPSA) is 145 Å². The van der Waals surface area contributed by atoms with Crippen molar-refractivity contribution in [3.05, 3.63) is 118 Å². The van der Waals surface area contributed by atoms with Crippen LogP contribution in [-0.4, -0.2) is 77.5 Å². The molecule has 1 unspecified atom stereocenters. The Bertz CT molecular complexity index is 2180. The number of aromatic nitrogens is 3. The molecule has 2 N–H and O–H groups in total. The molecule has 320 valence electrons. The number of methoxy groups -OCH3 is 2. The average molecular weight is 839 g/mol. The summed E-state index contributed by atoms with van der Waals surface area (Å²) in [6.45, 7) is 15.5. The Morgan fingerprint density at radius 2 is 1.55 bits per heavy atom. The number of anilines is 1. The van der Waals surface area contributed by atoms with Gasteiger partial charge in [-0.2, -0.15) is 10.2 Å². The fourth-order valence-corrected chi connectivity index (χ4v) is 9.52. The van der Waals surface area contributed by atoms with Crippen LogP contribution in [0.1, 0.15) is 82.9 Å². The number of H-pyrrole nitrogens is 1. The molecule has 3 heterocycles. The summed E-state index contributed by atoms with van der Waals surface area (Å²) in [5.41, 5.74) is 2.65. The molecule has 2 aromatic heterocycles. The number of aromatic amines is 1. The molecule has 14 heteroatoms. The number of nitriles is 1. The van der Waals surface area contributed by atoms with Crippen LogP contribution in [0.2, 0.25) is 0 Å². The molecule has 0 amide bonds. The lowest BCUT2D eigenvalue weighted by Gasteiger charge is -2.39. The van der Waals surface area contributed by atoms with E-state index in [4.69, 9.17) is 33.0 Å². The fraction of sp³-hybridized carbons (Fsp3) is 0.457. The van der Waals surface area contributed by atoms with Crippen molar-refractivity contribution in [2.45, 2.75) is 97.4 Å². The molecule has 0 bridgehead atoms. The molecule has 1 aliphatic rings. The summed E-state index contributed by atoms with van der Waals surface area (Å²) in [4.78, 5) is 21.3. The molecule has 6 rings (SSSR count). The summed E-state index contributed by atoms with van der Waals surface area (Å²) in [6.07, 6.45) is 0.860. The molecule has 5 aromatic rings. The molecular formula is C46H59N6O7P. The van der Waals surface area contributed by atoms with E-state index in [1.54, 1.807) is 14.2 Å². The third-order valence-electron chi connectivity index (χ3n) is 10.6. The quantitative estimate of drug-likeness (QED) is 0.0440. The minimum Gasteiger partial charge on any atom is -0.497 e. The van der Waals surface area contributed by atoms with Gasteiger partial charge in [-0.15, -0.1) is 0 Å². The molecule has 1 aliphatic heterocycles. The Balaban J connectivity index is 1.46. The summed E-state index contributed by atoms with van der Waals surface area (Å²) >= 11 is 0. The zero-order valence-electron chi connectivity index (χ0n) is 36.2. The Morgan fingerprint density at radius 1 is 0.950 bits per heavy atom. The van der Waals surface area contributed by atoms with E-state index in [2.05, 4.69) is 74.7 Å². The molecule has 0 spiro atoms. The largest absolute Gasteiger partial charge is 0.497 e. The monoisotopic (exact) mass is 838 g/mol. The van der Waals surface area contributed by atoms with Gasteiger partial charge in [0.15, 0.2) is 5.65 Å². The molecule has 1 fully saturated rings. The molecule has 0 aliphatic carbocycles. The summed E-state index contributed by atoms with van der Waals surface area (Å²) in [6, 6.07) is 28.3. The highest BCUT2D eigenvalue weighted by molar-refractivity contribution is 7.44. The summed E-state index contributed by atoms with van der Waals surface area (Å²) in [5.74, 6) is 2.19. The van der Waals surface area contributed by atoms with Gasteiger partial charge in [-0.05, 0) is 87.1 Å². The van der Waals surface area contributed by atoms with Crippen LogP contribution >= 0.6 is 8.53 Å². The first-order chi connectivity index (χ1) is 28.9. The smallest absolute Gasteiger partial charge is 0.262 e. The van der Waals surface area contributed by atoms with Gasteiger partial charge in [0.05, 0.1) is 51.4 Å². The lowest BCUT2D eigenvalue weighted by molar-refractivity contribution is -0.0911. The van der Waals surface area contributed by atoms with Gasteiger partial charge in [0.1, 0.15) is 29.4 Å². The highest BCUT2D eigenvalue weighted by atomic mass is 31.2. The molecular weight excluding hydrogens is 780 g/mol. The first kappa shape index (κ1) is 44.7. The van der Waals surface area contributed by atoms with Crippen molar-refractivity contribution in [3.63, 3.8) is 0 Å². The van der Waals surface area contributed by atoms with Gasteiger partial charge in [0.2, 0.25) is 5.95 Å². The van der Waals surface area contributed by atoms with E-state index < -0.39 is 32.6 Å². The number of fused-ring (bicyclic) bond motifs is 1. The SMILES string of the molecule is COc1ccc(C(OC[C@H]2O[C@@H](n3cc(C)c4c(=O)[nH]c(NCC(C)C)nc43)C[C@@H]2OP(OCCC#N)N(C(C)C)C(C)C)(c2ccccc2)c2ccc(OC)cc2)cc1. The first-order valence-electron chi connectivity index (χ1n) is 20.6. The van der Waals surface area contributed by atoms with Crippen LogP contribution in [0.4, 0.5) is 5.95 Å². The van der Waals surface area contributed by atoms with Gasteiger partial charge in [-0.3, -0.25) is 9.78 Å². The zero-order chi connectivity index (χ0) is 43.0. The highest BCUT2D eigenvalue weighted by Gasteiger charge is 2.45. The van der Waals surface area contributed by atoms with Gasteiger partial charge < -0.3 is 37.9 Å². The molecule has 13 nitrogen and oxygen atoms in total. The summed E-state index contributed by atoms with van der Waals surface area (Å²) < 4.78 is 43.2. The predicted octanol–water partition coefficient (Wildman–Crippen LogP) is 9.08. The normalized spacial score (nSPS) is 17.5. The van der Waals surface area contributed by atoms with E-state index in [9.17, 15) is 10.1 Å². The Labute approximate surface area is 354 Å². The van der Waals surface area contributed by atoms with Gasteiger partial charge in [-0.25, -0.2) is 4.67 Å². The van der Waals surface area contributed by atoms with Crippen molar-refractivity contribution in [1.82, 2.24) is 19.2 Å². The average Bonchev–Trinajstić information content (AvgIpc) is 3.80. The van der Waals surface area contributed by atoms with E-state index in [0.717, 1.165) is 33.8 Å². The number of nitrogens with one attached hydrogen (secondary N) is 2. The van der Waals surface area contributed by atoms with Crippen molar-refractivity contribution in [2.75, 3.05) is 39.3 Å². The van der Waals surface area contributed by atoms with Crippen LogP contribution in [0.25, 0.3) is 11.0 Å². The Kier molecular flexibility index (Phi) is 15.0. The molecule has 60 heavy (non-hydrogen) atoms. The van der Waals surface area contributed by atoms with Gasteiger partial charge >= 0.3 is 0 Å². The number of nitrogens with zero attached hydrogens (tertiary/aromatic N) is 4. The van der Waals surface area contributed by atoms with E-state index in [1.165, 1.54) is 0 Å². The second kappa shape index (κ2) is 20.2. The van der Waals surface area contributed by atoms with Crippen LogP contribution in [0, 0.1) is 24.2 Å². The predicted molar refractivity (Wildman–Crippen MR) is 235 cm³/mol. The van der Waals surface area contributed by atoms with Crippen LogP contribution in [0.5, 0.6) is 11.5 Å². The zero-order valence-corrected chi connectivity index (χ0v) is 37.1. The first-order valence-corrected chi connectivity index (χ1v) is 21.8. The highest BCUT2D eigenvalue weighted by Crippen LogP contribution is 2.51. The van der Waals surface area contributed by atoms with Crippen molar-refractivity contribution >= 4 is 25.5 Å². The maximum absolute atomic E-state index is 13.5. The Hall–Kier alpha value is -4.80. The van der Waals surface area contributed by atoms with Gasteiger partial charge in [0.25, 0.3) is 14.1 Å². The maximum Gasteiger partial charge on any atom is 0.262 e. The fourth-order valence-electron chi connectivity index (χ4n) is 7.77. The standard InChI is InChI=1S/C46H59N6O7P/c1-30(2)27-48-45-49-43-42(44(53)50-45)33(7)28-51(43)41-26-39(59-60(57-25-13-24-47)52(31(3)4)32(5)6)40(58-41)29-56-46(34-14-11-10-12-15-34,35-16-20-37(54-8)21-17-35)36-18-22-38(55-9)23-19-36/h10-12,14-23,28,30-32,39-41H,13,25-27,29H2,1-9H3,(H2,48,49,50,53)/t39-,40+,41+,60?/m0/s1. The third-order valence-corrected chi connectivity index (χ3v) is 12.7. The van der Waals surface area contributed by atoms with Crippen LogP contribution in [0.3, 0.4) is 0 Å². The second-order valence-corrected chi connectivity index (χ2v) is 17.4. The number of hydrogen-bond donors (Lipinski definition) is 2. The molecule has 1 saturated heterocycles. The van der Waals surface area contributed by atoms with E-state index in [0.29, 0.717) is 35.9 Å². The van der Waals surface area contributed by atoms with Crippen LogP contribution in [0.15, 0.2) is 89.9 Å². The number of aryl methyl sites for hydroxylation is 1. The van der Waals surface area contributed by atoms with Gasteiger partial charge in [-0.1, -0.05) is 68.4 Å². The lowest BCUT2D eigenvalue weighted by Crippen LogP contribution is -2.39. The summed E-state index contributed by atoms with van der Waals surface area (Å²) in [5, 5.41) is 13.2. The van der Waals surface area contributed by atoms with E-state index in [-0.39, 0.29) is 37.3 Å². The van der Waals surface area contributed by atoms with Crippen LogP contribution in [-0.2, 0) is 24.1 Å². The number of benzene rings is 3. The van der Waals surface area contributed by atoms with Crippen LogP contribution < -0.4 is 20.3 Å². The third kappa shape index (κ3) is 9.87. The van der Waals surface area contributed by atoms with Gasteiger partial charge in [0, 0.05) is 31.2 Å². The van der Waals surface area contributed by atoms with Crippen molar-refractivity contribution < 1.29 is 28.0 Å². The van der Waals surface area contributed by atoms with Crippen molar-refractivity contribution in [2.24, 2.45) is 5.92 Å².